The number of β-amino-alcohol motifs (C(OH)–C–C–N with tert-alkyl or cyclic N) is 1. The third-order valence-corrected chi connectivity index (χ3v) is 8.33. The van der Waals surface area contributed by atoms with Crippen molar-refractivity contribution in [3.63, 3.8) is 0 Å². The van der Waals surface area contributed by atoms with Gasteiger partial charge in [-0.25, -0.2) is 4.79 Å². The Labute approximate surface area is 194 Å². The van der Waals surface area contributed by atoms with Gasteiger partial charge < -0.3 is 20.1 Å². The zero-order chi connectivity index (χ0) is 23.2. The molecule has 1 saturated heterocycles. The molecule has 5 fully saturated rings. The highest BCUT2D eigenvalue weighted by Crippen LogP contribution is 2.60. The second kappa shape index (κ2) is 8.75. The molecule has 1 aliphatic heterocycles. The number of amides is 2. The van der Waals surface area contributed by atoms with Crippen LogP contribution in [0.3, 0.4) is 0 Å². The van der Waals surface area contributed by atoms with Crippen molar-refractivity contribution in [1.29, 1.82) is 0 Å². The highest BCUT2D eigenvalue weighted by molar-refractivity contribution is 5.90. The zero-order valence-corrected chi connectivity index (χ0v) is 19.2. The van der Waals surface area contributed by atoms with E-state index in [4.69, 9.17) is 4.74 Å². The fraction of sp³-hybridized carbons (Fsp3) is 0.654. The fourth-order valence-corrected chi connectivity index (χ4v) is 7.28. The quantitative estimate of drug-likeness (QED) is 0.644. The lowest BCUT2D eigenvalue weighted by Crippen LogP contribution is -2.56. The van der Waals surface area contributed by atoms with Gasteiger partial charge in [0.1, 0.15) is 6.04 Å². The Morgan fingerprint density at radius 2 is 1.67 bits per heavy atom. The molecule has 0 aromatic heterocycles. The standard InChI is InChI=1S/C26H34N2O5/c1-16(20-5-3-2-4-6-20)27-23(30)15-33-24(31)22-10-21(29)14-28(22)25(32)26-11-17-7-18(12-26)9-19(8-17)13-26/h2-6,16-19,21-22,29H,7-15H2,1H3,(H,27,30)/t16?,17?,18?,19?,21?,22-,26?/m0/s1. The van der Waals surface area contributed by atoms with E-state index in [1.165, 1.54) is 19.3 Å². The summed E-state index contributed by atoms with van der Waals surface area (Å²) >= 11 is 0. The summed E-state index contributed by atoms with van der Waals surface area (Å²) < 4.78 is 5.32. The van der Waals surface area contributed by atoms with Gasteiger partial charge in [0.05, 0.1) is 17.6 Å². The van der Waals surface area contributed by atoms with Crippen LogP contribution in [0.4, 0.5) is 0 Å². The van der Waals surface area contributed by atoms with E-state index in [0.29, 0.717) is 17.8 Å². The van der Waals surface area contributed by atoms with Gasteiger partial charge in [-0.2, -0.15) is 0 Å². The molecule has 1 heterocycles. The number of likely N-dealkylation sites (tertiary alicyclic amines) is 1. The van der Waals surface area contributed by atoms with Gasteiger partial charge in [0, 0.05) is 13.0 Å². The first-order chi connectivity index (χ1) is 15.8. The Balaban J connectivity index is 1.20. The van der Waals surface area contributed by atoms with Crippen LogP contribution in [-0.2, 0) is 19.1 Å². The molecule has 4 bridgehead atoms. The summed E-state index contributed by atoms with van der Waals surface area (Å²) in [6, 6.07) is 8.53. The van der Waals surface area contributed by atoms with Crippen LogP contribution in [0, 0.1) is 23.2 Å². The maximum atomic E-state index is 13.7. The number of benzene rings is 1. The summed E-state index contributed by atoms with van der Waals surface area (Å²) in [6.45, 7) is 1.63. The topological polar surface area (TPSA) is 95.9 Å². The normalized spacial score (nSPS) is 35.3. The fourth-order valence-electron chi connectivity index (χ4n) is 7.28. The molecule has 2 amide bonds. The van der Waals surface area contributed by atoms with E-state index in [1.807, 2.05) is 37.3 Å². The monoisotopic (exact) mass is 454 g/mol. The maximum Gasteiger partial charge on any atom is 0.329 e. The first kappa shape index (κ1) is 22.4. The summed E-state index contributed by atoms with van der Waals surface area (Å²) in [4.78, 5) is 40.5. The average molecular weight is 455 g/mol. The second-order valence-electron chi connectivity index (χ2n) is 10.9. The molecule has 6 rings (SSSR count). The summed E-state index contributed by atoms with van der Waals surface area (Å²) in [5.74, 6) is 0.877. The van der Waals surface area contributed by atoms with Crippen LogP contribution in [0.15, 0.2) is 30.3 Å². The predicted octanol–water partition coefficient (Wildman–Crippen LogP) is 2.59. The molecule has 4 aliphatic carbocycles. The molecule has 0 spiro atoms. The third kappa shape index (κ3) is 4.39. The third-order valence-electron chi connectivity index (χ3n) is 8.33. The van der Waals surface area contributed by atoms with Crippen molar-refractivity contribution in [2.75, 3.05) is 13.2 Å². The minimum absolute atomic E-state index is 0.0160. The lowest BCUT2D eigenvalue weighted by atomic mass is 9.49. The molecule has 4 saturated carbocycles. The Kier molecular flexibility index (Phi) is 5.93. The highest BCUT2D eigenvalue weighted by atomic mass is 16.5. The molecule has 33 heavy (non-hydrogen) atoms. The van der Waals surface area contributed by atoms with E-state index in [9.17, 15) is 19.5 Å². The highest BCUT2D eigenvalue weighted by Gasteiger charge is 2.57. The molecular weight excluding hydrogens is 420 g/mol. The van der Waals surface area contributed by atoms with Gasteiger partial charge in [0.2, 0.25) is 5.91 Å². The average Bonchev–Trinajstić information content (AvgIpc) is 3.18. The van der Waals surface area contributed by atoms with Gasteiger partial charge in [0.15, 0.2) is 6.61 Å². The maximum absolute atomic E-state index is 13.7. The van der Waals surface area contributed by atoms with Gasteiger partial charge in [-0.05, 0) is 68.8 Å². The first-order valence-electron chi connectivity index (χ1n) is 12.3. The van der Waals surface area contributed by atoms with E-state index in [-0.39, 0.29) is 30.3 Å². The van der Waals surface area contributed by atoms with E-state index in [2.05, 4.69) is 5.32 Å². The first-order valence-corrected chi connectivity index (χ1v) is 12.3. The number of hydrogen-bond acceptors (Lipinski definition) is 5. The lowest BCUT2D eigenvalue weighted by Gasteiger charge is -2.56. The summed E-state index contributed by atoms with van der Waals surface area (Å²) in [6.07, 6.45) is 5.85. The number of carbonyl (C=O) groups is 3. The molecule has 1 aromatic rings. The molecule has 7 nitrogen and oxygen atoms in total. The van der Waals surface area contributed by atoms with Crippen LogP contribution in [-0.4, -0.2) is 53.1 Å². The molecule has 2 N–H and O–H groups in total. The van der Waals surface area contributed by atoms with Crippen LogP contribution in [0.5, 0.6) is 0 Å². The van der Waals surface area contributed by atoms with Gasteiger partial charge in [0.25, 0.3) is 5.91 Å². The van der Waals surface area contributed by atoms with Gasteiger partial charge in [-0.1, -0.05) is 30.3 Å². The number of aliphatic hydroxyl groups is 1. The van der Waals surface area contributed by atoms with Crippen LogP contribution in [0.25, 0.3) is 0 Å². The largest absolute Gasteiger partial charge is 0.454 e. The Bertz CT molecular complexity index is 881. The van der Waals surface area contributed by atoms with Crippen LogP contribution in [0.2, 0.25) is 0 Å². The zero-order valence-electron chi connectivity index (χ0n) is 19.2. The molecule has 3 atom stereocenters. The van der Waals surface area contributed by atoms with Gasteiger partial charge in [-0.3, -0.25) is 9.59 Å². The van der Waals surface area contributed by atoms with Crippen molar-refractivity contribution < 1.29 is 24.2 Å². The summed E-state index contributed by atoms with van der Waals surface area (Å²) in [5.41, 5.74) is 0.586. The Morgan fingerprint density at radius 3 is 2.27 bits per heavy atom. The number of esters is 1. The van der Waals surface area contributed by atoms with Gasteiger partial charge >= 0.3 is 5.97 Å². The lowest BCUT2D eigenvalue weighted by molar-refractivity contribution is -0.166. The van der Waals surface area contributed by atoms with Crippen molar-refractivity contribution in [3.8, 4) is 0 Å². The van der Waals surface area contributed by atoms with Crippen molar-refractivity contribution in [3.05, 3.63) is 35.9 Å². The van der Waals surface area contributed by atoms with Crippen molar-refractivity contribution in [1.82, 2.24) is 10.2 Å². The van der Waals surface area contributed by atoms with Crippen molar-refractivity contribution in [2.45, 2.75) is 70.1 Å². The minimum Gasteiger partial charge on any atom is -0.454 e. The summed E-state index contributed by atoms with van der Waals surface area (Å²) in [5, 5.41) is 13.1. The molecule has 0 radical (unpaired) electrons. The second-order valence-corrected chi connectivity index (χ2v) is 10.9. The predicted molar refractivity (Wildman–Crippen MR) is 121 cm³/mol. The van der Waals surface area contributed by atoms with Crippen LogP contribution in [0.1, 0.15) is 63.5 Å². The summed E-state index contributed by atoms with van der Waals surface area (Å²) in [7, 11) is 0. The number of aliphatic hydroxyl groups excluding tert-OH is 1. The van der Waals surface area contributed by atoms with Gasteiger partial charge in [-0.15, -0.1) is 0 Å². The number of rotatable bonds is 6. The number of nitrogens with one attached hydrogen (secondary N) is 1. The SMILES string of the molecule is CC(NC(=O)COC(=O)[C@@H]1CC(O)CN1C(=O)C12CC3CC(CC(C3)C1)C2)c1ccccc1. The molecule has 7 heteroatoms. The molecule has 2 unspecified atom stereocenters. The number of ether oxygens (including phenoxy) is 1. The number of hydrogen-bond donors (Lipinski definition) is 2. The number of nitrogens with zero attached hydrogens (tertiary/aromatic N) is 1. The van der Waals surface area contributed by atoms with E-state index < -0.39 is 30.6 Å². The van der Waals surface area contributed by atoms with Crippen molar-refractivity contribution in [2.24, 2.45) is 23.2 Å². The van der Waals surface area contributed by atoms with E-state index in [0.717, 1.165) is 24.8 Å². The smallest absolute Gasteiger partial charge is 0.329 e. The molecule has 1 aromatic carbocycles. The number of carbonyl (C=O) groups excluding carboxylic acids is 3. The van der Waals surface area contributed by atoms with E-state index >= 15 is 0 Å². The molecular formula is C26H34N2O5. The van der Waals surface area contributed by atoms with E-state index in [1.54, 1.807) is 4.90 Å². The van der Waals surface area contributed by atoms with Crippen LogP contribution < -0.4 is 5.32 Å². The minimum atomic E-state index is -0.820. The molecule has 5 aliphatic rings. The Hall–Kier alpha value is -2.41. The Morgan fingerprint density at radius 1 is 1.06 bits per heavy atom. The van der Waals surface area contributed by atoms with Crippen LogP contribution >= 0.6 is 0 Å². The molecule has 178 valence electrons. The van der Waals surface area contributed by atoms with Crippen molar-refractivity contribution >= 4 is 17.8 Å².